The molecule has 0 bridgehead atoms. The normalized spacial score (nSPS) is 14.5. The van der Waals surface area contributed by atoms with Gasteiger partial charge in [0.1, 0.15) is 11.8 Å². The Bertz CT molecular complexity index is 1090. The molecule has 4 rings (SSSR count). The summed E-state index contributed by atoms with van der Waals surface area (Å²) < 4.78 is 10.7. The Morgan fingerprint density at radius 2 is 1.85 bits per heavy atom. The third-order valence-corrected chi connectivity index (χ3v) is 6.41. The molecule has 178 valence electrons. The number of aryl methyl sites for hydroxylation is 1. The third kappa shape index (κ3) is 5.68. The van der Waals surface area contributed by atoms with Crippen LogP contribution in [0.5, 0.6) is 5.75 Å². The molecular weight excluding hydrogens is 428 g/mol. The maximum atomic E-state index is 13.7. The summed E-state index contributed by atoms with van der Waals surface area (Å²) in [5, 5.41) is 3.20. The average molecular weight is 461 g/mol. The molecule has 0 radical (unpaired) electrons. The number of hydrogen-bond acceptors (Lipinski definition) is 4. The van der Waals surface area contributed by atoms with Crippen LogP contribution in [0.2, 0.25) is 0 Å². The summed E-state index contributed by atoms with van der Waals surface area (Å²) >= 11 is 0. The average Bonchev–Trinajstić information content (AvgIpc) is 3.56. The number of ether oxygens (including phenoxy) is 1. The standard InChI is InChI=1S/C28H32N2O4/c1-20-7-5-8-21(19-20)16-17-30(28(32)25-11-6-18-34-25)26(22-12-14-24(33-2)15-13-22)27(31)29-23-9-3-4-10-23/h5-8,11-15,18-19,23,26H,3-4,9-10,16-17H2,1-2H3,(H,29,31)/t26-/m1/s1. The topological polar surface area (TPSA) is 71.8 Å². The molecule has 1 atom stereocenters. The van der Waals surface area contributed by atoms with Crippen molar-refractivity contribution >= 4 is 11.8 Å². The maximum absolute atomic E-state index is 13.7. The van der Waals surface area contributed by atoms with Crippen LogP contribution in [0.1, 0.15) is 59.0 Å². The van der Waals surface area contributed by atoms with Crippen molar-refractivity contribution in [1.29, 1.82) is 0 Å². The lowest BCUT2D eigenvalue weighted by molar-refractivity contribution is -0.126. The van der Waals surface area contributed by atoms with Gasteiger partial charge in [0, 0.05) is 12.6 Å². The first-order valence-electron chi connectivity index (χ1n) is 11.9. The minimum Gasteiger partial charge on any atom is -0.497 e. The van der Waals surface area contributed by atoms with Gasteiger partial charge in [0.05, 0.1) is 13.4 Å². The van der Waals surface area contributed by atoms with E-state index < -0.39 is 6.04 Å². The van der Waals surface area contributed by atoms with Gasteiger partial charge in [-0.05, 0) is 61.6 Å². The van der Waals surface area contributed by atoms with E-state index in [0.29, 0.717) is 18.7 Å². The molecule has 1 N–H and O–H groups in total. The number of furan rings is 1. The predicted octanol–water partition coefficient (Wildman–Crippen LogP) is 5.08. The molecule has 34 heavy (non-hydrogen) atoms. The lowest BCUT2D eigenvalue weighted by atomic mass is 10.0. The highest BCUT2D eigenvalue weighted by molar-refractivity contribution is 5.96. The molecule has 3 aromatic rings. The van der Waals surface area contributed by atoms with Crippen molar-refractivity contribution in [3.63, 3.8) is 0 Å². The second-order valence-electron chi connectivity index (χ2n) is 8.88. The number of methoxy groups -OCH3 is 1. The molecule has 1 aliphatic carbocycles. The number of nitrogens with one attached hydrogen (secondary N) is 1. The number of rotatable bonds is 9. The molecule has 6 heteroatoms. The molecule has 1 aromatic heterocycles. The molecule has 2 amide bonds. The third-order valence-electron chi connectivity index (χ3n) is 6.41. The zero-order valence-corrected chi connectivity index (χ0v) is 19.8. The van der Waals surface area contributed by atoms with E-state index in [4.69, 9.17) is 9.15 Å². The quantitative estimate of drug-likeness (QED) is 0.483. The summed E-state index contributed by atoms with van der Waals surface area (Å²) in [6.07, 6.45) is 6.26. The molecule has 1 aliphatic rings. The Morgan fingerprint density at radius 1 is 1.09 bits per heavy atom. The highest BCUT2D eigenvalue weighted by Gasteiger charge is 2.34. The van der Waals surface area contributed by atoms with Crippen molar-refractivity contribution in [3.05, 3.63) is 89.4 Å². The van der Waals surface area contributed by atoms with Gasteiger partial charge < -0.3 is 19.4 Å². The molecule has 0 spiro atoms. The fourth-order valence-electron chi connectivity index (χ4n) is 4.62. The second-order valence-corrected chi connectivity index (χ2v) is 8.88. The van der Waals surface area contributed by atoms with Crippen LogP contribution in [0, 0.1) is 6.92 Å². The Labute approximate surface area is 200 Å². The first kappa shape index (κ1) is 23.6. The SMILES string of the molecule is COc1ccc([C@H](C(=O)NC2CCCC2)N(CCc2cccc(C)c2)C(=O)c2ccco2)cc1. The molecule has 0 saturated heterocycles. The highest BCUT2D eigenvalue weighted by Crippen LogP contribution is 2.28. The van der Waals surface area contributed by atoms with E-state index in [1.807, 2.05) is 49.4 Å². The van der Waals surface area contributed by atoms with Crippen LogP contribution >= 0.6 is 0 Å². The van der Waals surface area contributed by atoms with Crippen LogP contribution in [-0.4, -0.2) is 36.4 Å². The van der Waals surface area contributed by atoms with Crippen molar-refractivity contribution in [1.82, 2.24) is 10.2 Å². The van der Waals surface area contributed by atoms with Gasteiger partial charge in [0.25, 0.3) is 5.91 Å². The molecule has 6 nitrogen and oxygen atoms in total. The fourth-order valence-corrected chi connectivity index (χ4v) is 4.62. The summed E-state index contributed by atoms with van der Waals surface area (Å²) in [4.78, 5) is 28.9. The van der Waals surface area contributed by atoms with Gasteiger partial charge in [0.2, 0.25) is 5.91 Å². The van der Waals surface area contributed by atoms with Gasteiger partial charge >= 0.3 is 0 Å². The first-order valence-corrected chi connectivity index (χ1v) is 11.9. The minimum absolute atomic E-state index is 0.144. The summed E-state index contributed by atoms with van der Waals surface area (Å²) in [5.74, 6) is 0.444. The van der Waals surface area contributed by atoms with Crippen molar-refractivity contribution in [3.8, 4) is 5.75 Å². The Morgan fingerprint density at radius 3 is 2.50 bits per heavy atom. The molecule has 1 heterocycles. The lowest BCUT2D eigenvalue weighted by Crippen LogP contribution is -2.46. The Hall–Kier alpha value is -3.54. The zero-order chi connectivity index (χ0) is 23.9. The number of nitrogens with zero attached hydrogens (tertiary/aromatic N) is 1. The van der Waals surface area contributed by atoms with E-state index in [2.05, 4.69) is 11.4 Å². The Kier molecular flexibility index (Phi) is 7.68. The molecular formula is C28H32N2O4. The van der Waals surface area contributed by atoms with Crippen LogP contribution in [-0.2, 0) is 11.2 Å². The fraction of sp³-hybridized carbons (Fsp3) is 0.357. The van der Waals surface area contributed by atoms with Crippen LogP contribution < -0.4 is 10.1 Å². The van der Waals surface area contributed by atoms with Crippen LogP contribution in [0.25, 0.3) is 0 Å². The van der Waals surface area contributed by atoms with E-state index in [-0.39, 0.29) is 23.6 Å². The van der Waals surface area contributed by atoms with Crippen molar-refractivity contribution in [2.24, 2.45) is 0 Å². The number of amides is 2. The number of hydrogen-bond donors (Lipinski definition) is 1. The van der Waals surface area contributed by atoms with Crippen molar-refractivity contribution in [2.75, 3.05) is 13.7 Å². The van der Waals surface area contributed by atoms with E-state index >= 15 is 0 Å². The largest absolute Gasteiger partial charge is 0.497 e. The molecule has 1 fully saturated rings. The predicted molar refractivity (Wildman–Crippen MR) is 131 cm³/mol. The molecule has 0 aliphatic heterocycles. The van der Waals surface area contributed by atoms with Crippen LogP contribution in [0.3, 0.4) is 0 Å². The van der Waals surface area contributed by atoms with Crippen LogP contribution in [0.15, 0.2) is 71.3 Å². The molecule has 1 saturated carbocycles. The minimum atomic E-state index is -0.783. The molecule has 2 aromatic carbocycles. The summed E-state index contributed by atoms with van der Waals surface area (Å²) in [6.45, 7) is 2.42. The Balaban J connectivity index is 1.68. The zero-order valence-electron chi connectivity index (χ0n) is 19.8. The maximum Gasteiger partial charge on any atom is 0.290 e. The summed E-state index contributed by atoms with van der Waals surface area (Å²) in [6, 6.07) is 18.2. The van der Waals surface area contributed by atoms with Gasteiger partial charge in [-0.1, -0.05) is 54.8 Å². The number of carbonyl (C=O) groups excluding carboxylic acids is 2. The van der Waals surface area contributed by atoms with Crippen LogP contribution in [0.4, 0.5) is 0 Å². The first-order chi connectivity index (χ1) is 16.5. The number of carbonyl (C=O) groups is 2. The summed E-state index contributed by atoms with van der Waals surface area (Å²) in [7, 11) is 1.61. The smallest absolute Gasteiger partial charge is 0.290 e. The van der Waals surface area contributed by atoms with E-state index in [0.717, 1.165) is 42.4 Å². The van der Waals surface area contributed by atoms with Gasteiger partial charge in [-0.25, -0.2) is 0 Å². The van der Waals surface area contributed by atoms with Gasteiger partial charge in [0.15, 0.2) is 5.76 Å². The summed E-state index contributed by atoms with van der Waals surface area (Å²) in [5.41, 5.74) is 3.01. The number of benzene rings is 2. The van der Waals surface area contributed by atoms with Crippen molar-refractivity contribution < 1.29 is 18.7 Å². The van der Waals surface area contributed by atoms with Gasteiger partial charge in [-0.15, -0.1) is 0 Å². The van der Waals surface area contributed by atoms with Crippen molar-refractivity contribution in [2.45, 2.75) is 51.1 Å². The monoisotopic (exact) mass is 460 g/mol. The van der Waals surface area contributed by atoms with E-state index in [9.17, 15) is 9.59 Å². The highest BCUT2D eigenvalue weighted by atomic mass is 16.5. The van der Waals surface area contributed by atoms with E-state index in [1.165, 1.54) is 6.26 Å². The van der Waals surface area contributed by atoms with Gasteiger partial charge in [-0.2, -0.15) is 0 Å². The molecule has 0 unspecified atom stereocenters. The lowest BCUT2D eigenvalue weighted by Gasteiger charge is -2.32. The van der Waals surface area contributed by atoms with E-state index in [1.54, 1.807) is 24.1 Å². The van der Waals surface area contributed by atoms with Gasteiger partial charge in [-0.3, -0.25) is 9.59 Å². The second kappa shape index (κ2) is 11.1.